The maximum atomic E-state index is 12.8. The van der Waals surface area contributed by atoms with Crippen LogP contribution in [0.15, 0.2) is 30.3 Å². The second-order valence-electron chi connectivity index (χ2n) is 6.29. The lowest BCUT2D eigenvalue weighted by molar-refractivity contribution is -0.913. The minimum absolute atomic E-state index is 0.206. The summed E-state index contributed by atoms with van der Waals surface area (Å²) in [5.74, 6) is -0.206. The zero-order valence-electron chi connectivity index (χ0n) is 12.7. The van der Waals surface area contributed by atoms with Crippen LogP contribution in [0.1, 0.15) is 25.3 Å². The Bertz CT molecular complexity index is 569. The molecule has 0 aromatic heterocycles. The molecule has 6 heteroatoms. The monoisotopic (exact) mass is 304 g/mol. The summed E-state index contributed by atoms with van der Waals surface area (Å²) < 4.78 is 0. The summed E-state index contributed by atoms with van der Waals surface area (Å²) in [7, 11) is 0. The zero-order chi connectivity index (χ0) is 15.7. The lowest BCUT2D eigenvalue weighted by Crippen LogP contribution is -3.14. The molecule has 2 aliphatic heterocycles. The Kier molecular flexibility index (Phi) is 3.88. The van der Waals surface area contributed by atoms with Crippen LogP contribution in [0.3, 0.4) is 0 Å². The molecular formula is C16H22N3O3+. The fourth-order valence-electron chi connectivity index (χ4n) is 3.20. The van der Waals surface area contributed by atoms with E-state index in [9.17, 15) is 14.7 Å². The van der Waals surface area contributed by atoms with Crippen molar-refractivity contribution >= 4 is 11.9 Å². The molecule has 1 atom stereocenters. The van der Waals surface area contributed by atoms with Gasteiger partial charge in [-0.3, -0.25) is 4.79 Å². The number of hydrogen-bond donors (Lipinski definition) is 3. The molecule has 0 spiro atoms. The van der Waals surface area contributed by atoms with Gasteiger partial charge in [0.25, 0.3) is 5.91 Å². The number of amides is 3. The Morgan fingerprint density at radius 1 is 1.27 bits per heavy atom. The van der Waals surface area contributed by atoms with Gasteiger partial charge in [0, 0.05) is 12.8 Å². The lowest BCUT2D eigenvalue weighted by Gasteiger charge is -2.29. The molecule has 118 valence electrons. The molecule has 6 nitrogen and oxygen atoms in total. The number of carbonyl (C=O) groups excluding carboxylic acids is 2. The van der Waals surface area contributed by atoms with E-state index in [1.807, 2.05) is 30.3 Å². The predicted octanol–water partition coefficient (Wildman–Crippen LogP) is -0.549. The second-order valence-corrected chi connectivity index (χ2v) is 6.29. The van der Waals surface area contributed by atoms with Crippen molar-refractivity contribution in [3.05, 3.63) is 35.9 Å². The van der Waals surface area contributed by atoms with Gasteiger partial charge in [-0.15, -0.1) is 0 Å². The number of imide groups is 1. The van der Waals surface area contributed by atoms with Crippen molar-refractivity contribution in [2.24, 2.45) is 0 Å². The minimum atomic E-state index is -0.993. The smallest absolute Gasteiger partial charge is 0.329 e. The van der Waals surface area contributed by atoms with E-state index >= 15 is 0 Å². The Morgan fingerprint density at radius 3 is 2.55 bits per heavy atom. The fourth-order valence-corrected chi connectivity index (χ4v) is 3.20. The van der Waals surface area contributed by atoms with E-state index in [0.717, 1.165) is 36.4 Å². The third-order valence-electron chi connectivity index (χ3n) is 4.67. The van der Waals surface area contributed by atoms with Crippen molar-refractivity contribution in [1.29, 1.82) is 0 Å². The van der Waals surface area contributed by atoms with E-state index in [1.54, 1.807) is 6.92 Å². The predicted molar refractivity (Wildman–Crippen MR) is 80.0 cm³/mol. The molecule has 1 aromatic rings. The summed E-state index contributed by atoms with van der Waals surface area (Å²) in [6, 6.07) is 8.97. The summed E-state index contributed by atoms with van der Waals surface area (Å²) in [6.07, 6.45) is 1.19. The number of nitrogens with zero attached hydrogens (tertiary/aromatic N) is 1. The molecule has 0 aliphatic carbocycles. The van der Waals surface area contributed by atoms with Crippen LogP contribution >= 0.6 is 0 Å². The Labute approximate surface area is 129 Å². The molecule has 2 saturated heterocycles. The molecule has 2 heterocycles. The maximum absolute atomic E-state index is 12.8. The molecule has 1 aromatic carbocycles. The van der Waals surface area contributed by atoms with Crippen molar-refractivity contribution in [3.8, 4) is 0 Å². The highest BCUT2D eigenvalue weighted by Crippen LogP contribution is 2.27. The first-order chi connectivity index (χ1) is 10.5. The van der Waals surface area contributed by atoms with Gasteiger partial charge in [-0.25, -0.2) is 9.69 Å². The average molecular weight is 304 g/mol. The number of aliphatic hydroxyl groups excluding tert-OH is 1. The van der Waals surface area contributed by atoms with Crippen molar-refractivity contribution in [2.45, 2.75) is 31.4 Å². The molecular weight excluding hydrogens is 282 g/mol. The molecule has 0 bridgehead atoms. The van der Waals surface area contributed by atoms with Gasteiger partial charge in [-0.05, 0) is 12.5 Å². The van der Waals surface area contributed by atoms with Crippen LogP contribution in [0, 0.1) is 0 Å². The van der Waals surface area contributed by atoms with E-state index in [0.29, 0.717) is 6.67 Å². The van der Waals surface area contributed by atoms with Crippen LogP contribution in [0.2, 0.25) is 0 Å². The standard InChI is InChI=1S/C16H21N3O3/c1-16(12-5-3-2-4-6-12)14(21)19(15(22)17-16)11-18-9-7-13(20)8-10-18/h2-6,13,20H,7-11H2,1H3,(H,17,22)/p+1/t16-/m1/s1. The van der Waals surface area contributed by atoms with E-state index < -0.39 is 5.54 Å². The van der Waals surface area contributed by atoms with Crippen LogP contribution in [0.25, 0.3) is 0 Å². The molecule has 2 fully saturated rings. The number of urea groups is 1. The van der Waals surface area contributed by atoms with Crippen molar-refractivity contribution in [3.63, 3.8) is 0 Å². The van der Waals surface area contributed by atoms with E-state index in [1.165, 1.54) is 4.90 Å². The van der Waals surface area contributed by atoms with Gasteiger partial charge in [0.05, 0.1) is 19.2 Å². The number of likely N-dealkylation sites (tertiary alicyclic amines) is 1. The summed E-state index contributed by atoms with van der Waals surface area (Å²) in [5, 5.41) is 12.4. The van der Waals surface area contributed by atoms with Crippen LogP contribution in [0.4, 0.5) is 4.79 Å². The van der Waals surface area contributed by atoms with Gasteiger partial charge in [-0.2, -0.15) is 0 Å². The third-order valence-corrected chi connectivity index (χ3v) is 4.67. The molecule has 2 aliphatic rings. The second kappa shape index (κ2) is 5.70. The highest BCUT2D eigenvalue weighted by atomic mass is 16.3. The Morgan fingerprint density at radius 2 is 1.91 bits per heavy atom. The minimum Gasteiger partial charge on any atom is -0.393 e. The van der Waals surface area contributed by atoms with Gasteiger partial charge in [0.2, 0.25) is 0 Å². The molecule has 3 rings (SSSR count). The Hall–Kier alpha value is -1.92. The van der Waals surface area contributed by atoms with Crippen LogP contribution in [-0.2, 0) is 10.3 Å². The topological polar surface area (TPSA) is 74.1 Å². The van der Waals surface area contributed by atoms with Gasteiger partial charge in [0.1, 0.15) is 5.54 Å². The molecule has 0 unspecified atom stereocenters. The average Bonchev–Trinajstić information content (AvgIpc) is 2.75. The third kappa shape index (κ3) is 2.60. The molecule has 3 amide bonds. The van der Waals surface area contributed by atoms with Gasteiger partial charge in [-0.1, -0.05) is 30.3 Å². The molecule has 3 N–H and O–H groups in total. The Balaban J connectivity index is 1.74. The van der Waals surface area contributed by atoms with Crippen molar-refractivity contribution in [1.82, 2.24) is 10.2 Å². The summed E-state index contributed by atoms with van der Waals surface area (Å²) >= 11 is 0. The quantitative estimate of drug-likeness (QED) is 0.656. The SMILES string of the molecule is C[C@]1(c2ccccc2)NC(=O)N(C[NH+]2CCC(O)CC2)C1=O. The number of rotatable bonds is 3. The van der Waals surface area contributed by atoms with Crippen LogP contribution in [0.5, 0.6) is 0 Å². The summed E-state index contributed by atoms with van der Waals surface area (Å²) in [6.45, 7) is 3.66. The zero-order valence-corrected chi connectivity index (χ0v) is 12.7. The number of quaternary nitrogens is 1. The number of nitrogens with one attached hydrogen (secondary N) is 2. The first kappa shape index (κ1) is 15.0. The fraction of sp³-hybridized carbons (Fsp3) is 0.500. The van der Waals surface area contributed by atoms with Crippen molar-refractivity contribution < 1.29 is 19.6 Å². The largest absolute Gasteiger partial charge is 0.393 e. The number of benzene rings is 1. The first-order valence-corrected chi connectivity index (χ1v) is 7.72. The van der Waals surface area contributed by atoms with Gasteiger partial charge >= 0.3 is 6.03 Å². The van der Waals surface area contributed by atoms with Crippen LogP contribution in [-0.4, -0.2) is 47.8 Å². The van der Waals surface area contributed by atoms with Crippen LogP contribution < -0.4 is 10.2 Å². The summed E-state index contributed by atoms with van der Waals surface area (Å²) in [5.41, 5.74) is -0.201. The highest BCUT2D eigenvalue weighted by molar-refractivity contribution is 6.07. The van der Waals surface area contributed by atoms with E-state index in [4.69, 9.17) is 0 Å². The van der Waals surface area contributed by atoms with E-state index in [2.05, 4.69) is 5.32 Å². The van der Waals surface area contributed by atoms with Crippen molar-refractivity contribution in [2.75, 3.05) is 19.8 Å². The number of aliphatic hydroxyl groups is 1. The normalized spacial score (nSPS) is 32.2. The first-order valence-electron chi connectivity index (χ1n) is 7.72. The lowest BCUT2D eigenvalue weighted by atomic mass is 9.92. The number of carbonyl (C=O) groups is 2. The molecule has 22 heavy (non-hydrogen) atoms. The molecule has 0 radical (unpaired) electrons. The highest BCUT2D eigenvalue weighted by Gasteiger charge is 2.50. The van der Waals surface area contributed by atoms with E-state index in [-0.39, 0.29) is 18.0 Å². The number of piperidine rings is 1. The van der Waals surface area contributed by atoms with Gasteiger partial charge in [0.15, 0.2) is 6.67 Å². The van der Waals surface area contributed by atoms with Gasteiger partial charge < -0.3 is 15.3 Å². The molecule has 0 saturated carbocycles. The number of hydrogen-bond acceptors (Lipinski definition) is 3. The maximum Gasteiger partial charge on any atom is 0.329 e. The summed E-state index contributed by atoms with van der Waals surface area (Å²) in [4.78, 5) is 27.5.